The normalized spacial score (nSPS) is 19.0. The summed E-state index contributed by atoms with van der Waals surface area (Å²) in [6.45, 7) is 2.01. The lowest BCUT2D eigenvalue weighted by Gasteiger charge is -2.12. The van der Waals surface area contributed by atoms with Crippen molar-refractivity contribution in [3.63, 3.8) is 0 Å². The van der Waals surface area contributed by atoms with Gasteiger partial charge in [-0.3, -0.25) is 9.78 Å². The third-order valence-corrected chi connectivity index (χ3v) is 5.68. The fraction of sp³-hybridized carbons (Fsp3) is 0.294. The lowest BCUT2D eigenvalue weighted by molar-refractivity contribution is 0.0941. The van der Waals surface area contributed by atoms with E-state index in [9.17, 15) is 13.2 Å². The number of hydrogen-bond donors (Lipinski definition) is 2. The standard InChI is InChI=1S/C17H19N3O3S/c1-12-2-4-14(5-3-12)19-16-8-13(9-18-10-16)17(21)20-15-6-7-24(22,23)11-15/h2-5,8-10,15,19H,6-7,11H2,1H3,(H,20,21). The molecule has 1 fully saturated rings. The summed E-state index contributed by atoms with van der Waals surface area (Å²) >= 11 is 0. The smallest absolute Gasteiger partial charge is 0.253 e. The minimum Gasteiger partial charge on any atom is -0.354 e. The fourth-order valence-corrected chi connectivity index (χ4v) is 4.29. The first-order valence-corrected chi connectivity index (χ1v) is 9.53. The van der Waals surface area contributed by atoms with Gasteiger partial charge in [0.2, 0.25) is 0 Å². The van der Waals surface area contributed by atoms with Gasteiger partial charge in [-0.15, -0.1) is 0 Å². The largest absolute Gasteiger partial charge is 0.354 e. The van der Waals surface area contributed by atoms with Crippen LogP contribution >= 0.6 is 0 Å². The van der Waals surface area contributed by atoms with Crippen LogP contribution in [0.5, 0.6) is 0 Å². The quantitative estimate of drug-likeness (QED) is 0.885. The molecular weight excluding hydrogens is 326 g/mol. The number of sulfone groups is 1. The Kier molecular flexibility index (Phi) is 4.53. The molecule has 7 heteroatoms. The van der Waals surface area contributed by atoms with E-state index >= 15 is 0 Å². The number of pyridine rings is 1. The molecule has 2 heterocycles. The maximum absolute atomic E-state index is 12.3. The highest BCUT2D eigenvalue weighted by molar-refractivity contribution is 7.91. The summed E-state index contributed by atoms with van der Waals surface area (Å²) in [5, 5.41) is 5.96. The molecule has 1 aromatic heterocycles. The van der Waals surface area contributed by atoms with E-state index in [0.29, 0.717) is 17.7 Å². The van der Waals surface area contributed by atoms with Crippen molar-refractivity contribution in [3.8, 4) is 0 Å². The van der Waals surface area contributed by atoms with Crippen LogP contribution in [-0.4, -0.2) is 36.9 Å². The maximum Gasteiger partial charge on any atom is 0.253 e. The van der Waals surface area contributed by atoms with Crippen LogP contribution in [0.4, 0.5) is 11.4 Å². The van der Waals surface area contributed by atoms with Gasteiger partial charge >= 0.3 is 0 Å². The molecule has 126 valence electrons. The van der Waals surface area contributed by atoms with Crippen LogP contribution in [0, 0.1) is 6.92 Å². The average Bonchev–Trinajstić information content (AvgIpc) is 2.88. The fourth-order valence-electron chi connectivity index (χ4n) is 2.61. The zero-order chi connectivity index (χ0) is 17.2. The van der Waals surface area contributed by atoms with E-state index in [0.717, 1.165) is 5.69 Å². The minimum absolute atomic E-state index is 0.00742. The van der Waals surface area contributed by atoms with Gasteiger partial charge in [0.25, 0.3) is 5.91 Å². The summed E-state index contributed by atoms with van der Waals surface area (Å²) in [6.07, 6.45) is 3.57. The average molecular weight is 345 g/mol. The van der Waals surface area contributed by atoms with Gasteiger partial charge in [-0.25, -0.2) is 8.42 Å². The Labute approximate surface area is 141 Å². The number of aryl methyl sites for hydroxylation is 1. The number of aromatic nitrogens is 1. The number of amides is 1. The van der Waals surface area contributed by atoms with Crippen molar-refractivity contribution in [1.82, 2.24) is 10.3 Å². The van der Waals surface area contributed by atoms with Crippen molar-refractivity contribution in [2.45, 2.75) is 19.4 Å². The van der Waals surface area contributed by atoms with Gasteiger partial charge in [0.15, 0.2) is 9.84 Å². The van der Waals surface area contributed by atoms with Crippen LogP contribution in [0.15, 0.2) is 42.7 Å². The molecule has 1 aliphatic heterocycles. The molecule has 1 aromatic carbocycles. The predicted molar refractivity (Wildman–Crippen MR) is 93.2 cm³/mol. The monoisotopic (exact) mass is 345 g/mol. The molecular formula is C17H19N3O3S. The van der Waals surface area contributed by atoms with E-state index < -0.39 is 9.84 Å². The first kappa shape index (κ1) is 16.4. The number of nitrogens with one attached hydrogen (secondary N) is 2. The molecule has 2 aromatic rings. The van der Waals surface area contributed by atoms with Crippen molar-refractivity contribution in [3.05, 3.63) is 53.9 Å². The van der Waals surface area contributed by atoms with E-state index in [1.807, 2.05) is 31.2 Å². The Balaban J connectivity index is 1.68. The Morgan fingerprint density at radius 2 is 1.92 bits per heavy atom. The summed E-state index contributed by atoms with van der Waals surface area (Å²) in [5.41, 5.74) is 3.17. The number of rotatable bonds is 4. The number of carbonyl (C=O) groups excluding carboxylic acids is 1. The number of carbonyl (C=O) groups is 1. The highest BCUT2D eigenvalue weighted by Gasteiger charge is 2.29. The molecule has 0 bridgehead atoms. The molecule has 1 atom stereocenters. The van der Waals surface area contributed by atoms with Gasteiger partial charge in [0.05, 0.1) is 29.0 Å². The SMILES string of the molecule is Cc1ccc(Nc2cncc(C(=O)NC3CCS(=O)(=O)C3)c2)cc1. The summed E-state index contributed by atoms with van der Waals surface area (Å²) in [5.74, 6) is -0.171. The van der Waals surface area contributed by atoms with E-state index in [1.165, 1.54) is 11.8 Å². The Bertz CT molecular complexity index is 848. The molecule has 6 nitrogen and oxygen atoms in total. The molecule has 0 saturated carbocycles. The molecule has 2 N–H and O–H groups in total. The summed E-state index contributed by atoms with van der Waals surface area (Å²) in [4.78, 5) is 16.4. The first-order valence-electron chi connectivity index (χ1n) is 7.71. The summed E-state index contributed by atoms with van der Waals surface area (Å²) in [7, 11) is -3.02. The van der Waals surface area contributed by atoms with Gasteiger partial charge < -0.3 is 10.6 Å². The van der Waals surface area contributed by atoms with Crippen molar-refractivity contribution in [1.29, 1.82) is 0 Å². The molecule has 3 rings (SSSR count). The Morgan fingerprint density at radius 1 is 1.17 bits per heavy atom. The molecule has 0 aliphatic carbocycles. The molecule has 24 heavy (non-hydrogen) atoms. The second-order valence-electron chi connectivity index (χ2n) is 6.03. The van der Waals surface area contributed by atoms with Crippen molar-refractivity contribution >= 4 is 27.1 Å². The second-order valence-corrected chi connectivity index (χ2v) is 8.26. The molecule has 1 saturated heterocycles. The van der Waals surface area contributed by atoms with E-state index in [2.05, 4.69) is 15.6 Å². The van der Waals surface area contributed by atoms with Gasteiger partial charge in [-0.1, -0.05) is 17.7 Å². The van der Waals surface area contributed by atoms with Crippen molar-refractivity contribution < 1.29 is 13.2 Å². The van der Waals surface area contributed by atoms with Gasteiger partial charge in [0, 0.05) is 17.9 Å². The number of hydrogen-bond acceptors (Lipinski definition) is 5. The van der Waals surface area contributed by atoms with Gasteiger partial charge in [-0.2, -0.15) is 0 Å². The van der Waals surface area contributed by atoms with Crippen LogP contribution in [0.2, 0.25) is 0 Å². The predicted octanol–water partition coefficient (Wildman–Crippen LogP) is 2.05. The van der Waals surface area contributed by atoms with Crippen LogP contribution in [0.3, 0.4) is 0 Å². The van der Waals surface area contributed by atoms with E-state index in [-0.39, 0.29) is 23.5 Å². The van der Waals surface area contributed by atoms with Crippen LogP contribution in [0.1, 0.15) is 22.3 Å². The van der Waals surface area contributed by atoms with Gasteiger partial charge in [-0.05, 0) is 31.5 Å². The first-order chi connectivity index (χ1) is 11.4. The number of anilines is 2. The van der Waals surface area contributed by atoms with Crippen LogP contribution in [0.25, 0.3) is 0 Å². The van der Waals surface area contributed by atoms with Gasteiger partial charge in [0.1, 0.15) is 0 Å². The molecule has 0 spiro atoms. The third-order valence-electron chi connectivity index (χ3n) is 3.91. The third kappa shape index (κ3) is 4.11. The summed E-state index contributed by atoms with van der Waals surface area (Å²) in [6, 6.07) is 9.26. The maximum atomic E-state index is 12.3. The highest BCUT2D eigenvalue weighted by atomic mass is 32.2. The molecule has 0 radical (unpaired) electrons. The molecule has 1 aliphatic rings. The van der Waals surface area contributed by atoms with Crippen molar-refractivity contribution in [2.24, 2.45) is 0 Å². The van der Waals surface area contributed by atoms with E-state index in [1.54, 1.807) is 12.3 Å². The highest BCUT2D eigenvalue weighted by Crippen LogP contribution is 2.18. The summed E-state index contributed by atoms with van der Waals surface area (Å²) < 4.78 is 22.9. The lowest BCUT2D eigenvalue weighted by Crippen LogP contribution is -2.35. The number of nitrogens with zero attached hydrogens (tertiary/aromatic N) is 1. The zero-order valence-electron chi connectivity index (χ0n) is 13.3. The Hall–Kier alpha value is -2.41. The number of benzene rings is 1. The van der Waals surface area contributed by atoms with Crippen molar-refractivity contribution in [2.75, 3.05) is 16.8 Å². The van der Waals surface area contributed by atoms with Crippen LogP contribution in [-0.2, 0) is 9.84 Å². The molecule has 1 amide bonds. The second kappa shape index (κ2) is 6.60. The van der Waals surface area contributed by atoms with E-state index in [4.69, 9.17) is 0 Å². The topological polar surface area (TPSA) is 88.2 Å². The lowest BCUT2D eigenvalue weighted by atomic mass is 10.2. The molecule has 1 unspecified atom stereocenters. The zero-order valence-corrected chi connectivity index (χ0v) is 14.1. The van der Waals surface area contributed by atoms with Crippen LogP contribution < -0.4 is 10.6 Å². The minimum atomic E-state index is -3.02. The Morgan fingerprint density at radius 3 is 2.58 bits per heavy atom.